The summed E-state index contributed by atoms with van der Waals surface area (Å²) in [4.78, 5) is 0. The van der Waals surface area contributed by atoms with Crippen molar-refractivity contribution in [3.63, 3.8) is 0 Å². The molecule has 0 radical (unpaired) electrons. The van der Waals surface area contributed by atoms with Crippen LogP contribution in [-0.4, -0.2) is 5.88 Å². The Bertz CT molecular complexity index is 365. The Morgan fingerprint density at radius 3 is 2.19 bits per heavy atom. The molecule has 0 amide bonds. The normalized spacial score (nSPS) is 13.6. The van der Waals surface area contributed by atoms with Gasteiger partial charge in [0.25, 0.3) is 0 Å². The Labute approximate surface area is 97.7 Å². The number of halogens is 4. The summed E-state index contributed by atoms with van der Waals surface area (Å²) < 4.78 is 36.9. The van der Waals surface area contributed by atoms with Crippen molar-refractivity contribution in [1.29, 1.82) is 0 Å². The SMILES string of the molecule is C=C(CCl)C(C)c1ccc(C(F)(F)F)cc1. The van der Waals surface area contributed by atoms with Gasteiger partial charge in [-0.05, 0) is 17.7 Å². The van der Waals surface area contributed by atoms with Crippen LogP contribution in [0.15, 0.2) is 36.4 Å². The van der Waals surface area contributed by atoms with E-state index < -0.39 is 11.7 Å². The summed E-state index contributed by atoms with van der Waals surface area (Å²) >= 11 is 5.62. The maximum Gasteiger partial charge on any atom is 0.416 e. The molecule has 16 heavy (non-hydrogen) atoms. The zero-order chi connectivity index (χ0) is 12.3. The Morgan fingerprint density at radius 2 is 1.81 bits per heavy atom. The highest BCUT2D eigenvalue weighted by molar-refractivity contribution is 6.19. The molecule has 0 heterocycles. The lowest BCUT2D eigenvalue weighted by molar-refractivity contribution is -0.137. The van der Waals surface area contributed by atoms with E-state index in [0.29, 0.717) is 5.88 Å². The summed E-state index contributed by atoms with van der Waals surface area (Å²) in [6.07, 6.45) is -4.29. The monoisotopic (exact) mass is 248 g/mol. The van der Waals surface area contributed by atoms with Crippen molar-refractivity contribution >= 4 is 11.6 Å². The molecule has 0 aliphatic rings. The van der Waals surface area contributed by atoms with Crippen LogP contribution in [0.4, 0.5) is 13.2 Å². The van der Waals surface area contributed by atoms with E-state index in [2.05, 4.69) is 6.58 Å². The molecule has 1 aromatic rings. The molecule has 0 N–H and O–H groups in total. The zero-order valence-corrected chi connectivity index (χ0v) is 9.57. The van der Waals surface area contributed by atoms with Crippen molar-refractivity contribution in [2.45, 2.75) is 19.0 Å². The molecule has 1 aromatic carbocycles. The smallest absolute Gasteiger partial charge is 0.166 e. The summed E-state index contributed by atoms with van der Waals surface area (Å²) in [5.74, 6) is 0.280. The first-order valence-corrected chi connectivity index (χ1v) is 5.30. The van der Waals surface area contributed by atoms with E-state index in [1.807, 2.05) is 6.92 Å². The number of rotatable bonds is 3. The topological polar surface area (TPSA) is 0 Å². The van der Waals surface area contributed by atoms with Crippen LogP contribution in [0.25, 0.3) is 0 Å². The summed E-state index contributed by atoms with van der Waals surface area (Å²) in [5.41, 5.74) is 0.944. The first kappa shape index (κ1) is 13.1. The highest BCUT2D eigenvalue weighted by Crippen LogP contribution is 2.31. The molecule has 0 saturated carbocycles. The number of benzene rings is 1. The van der Waals surface area contributed by atoms with Crippen LogP contribution in [0.3, 0.4) is 0 Å². The molecule has 0 spiro atoms. The molecule has 4 heteroatoms. The molecule has 0 aromatic heterocycles. The molecular formula is C12H12ClF3. The van der Waals surface area contributed by atoms with Crippen LogP contribution < -0.4 is 0 Å². The van der Waals surface area contributed by atoms with Crippen molar-refractivity contribution in [2.75, 3.05) is 5.88 Å². The van der Waals surface area contributed by atoms with Crippen molar-refractivity contribution in [3.05, 3.63) is 47.5 Å². The molecule has 1 rings (SSSR count). The predicted octanol–water partition coefficient (Wildman–Crippen LogP) is 4.60. The fourth-order valence-corrected chi connectivity index (χ4v) is 1.54. The molecule has 0 bridgehead atoms. The standard InChI is InChI=1S/C12H12ClF3/c1-8(7-13)9(2)10-3-5-11(6-4-10)12(14,15)16/h3-6,9H,1,7H2,2H3. The first-order valence-electron chi connectivity index (χ1n) is 4.77. The Hall–Kier alpha value is -0.960. The quantitative estimate of drug-likeness (QED) is 0.542. The summed E-state index contributed by atoms with van der Waals surface area (Å²) in [7, 11) is 0. The van der Waals surface area contributed by atoms with Gasteiger partial charge < -0.3 is 0 Å². The molecule has 0 fully saturated rings. The van der Waals surface area contributed by atoms with Crippen molar-refractivity contribution in [3.8, 4) is 0 Å². The van der Waals surface area contributed by atoms with E-state index in [9.17, 15) is 13.2 Å². The number of hydrogen-bond donors (Lipinski definition) is 0. The minimum atomic E-state index is -4.29. The van der Waals surface area contributed by atoms with Crippen LogP contribution in [0.2, 0.25) is 0 Å². The fourth-order valence-electron chi connectivity index (χ4n) is 1.31. The van der Waals surface area contributed by atoms with Crippen molar-refractivity contribution in [1.82, 2.24) is 0 Å². The Kier molecular flexibility index (Phi) is 4.03. The average molecular weight is 249 g/mol. The van der Waals surface area contributed by atoms with E-state index in [1.165, 1.54) is 12.1 Å². The number of allylic oxidation sites excluding steroid dienone is 1. The van der Waals surface area contributed by atoms with Gasteiger partial charge in [0.1, 0.15) is 0 Å². The molecule has 88 valence electrons. The van der Waals surface area contributed by atoms with E-state index in [0.717, 1.165) is 23.3 Å². The van der Waals surface area contributed by atoms with E-state index >= 15 is 0 Å². The lowest BCUT2D eigenvalue weighted by Gasteiger charge is -2.14. The Morgan fingerprint density at radius 1 is 1.31 bits per heavy atom. The van der Waals surface area contributed by atoms with Gasteiger partial charge in [-0.15, -0.1) is 11.6 Å². The zero-order valence-electron chi connectivity index (χ0n) is 8.81. The maximum atomic E-state index is 12.3. The Balaban J connectivity index is 2.91. The molecular weight excluding hydrogens is 237 g/mol. The van der Waals surface area contributed by atoms with Crippen LogP contribution in [-0.2, 0) is 6.18 Å². The lowest BCUT2D eigenvalue weighted by atomic mass is 9.94. The minimum absolute atomic E-state index is 0.0280. The van der Waals surface area contributed by atoms with Crippen molar-refractivity contribution in [2.24, 2.45) is 0 Å². The van der Waals surface area contributed by atoms with Gasteiger partial charge in [-0.25, -0.2) is 0 Å². The van der Waals surface area contributed by atoms with Crippen molar-refractivity contribution < 1.29 is 13.2 Å². The summed E-state index contributed by atoms with van der Waals surface area (Å²) in [5, 5.41) is 0. The van der Waals surface area contributed by atoms with Gasteiger partial charge in [-0.2, -0.15) is 13.2 Å². The summed E-state index contributed by atoms with van der Waals surface area (Å²) in [6.45, 7) is 5.63. The van der Waals surface area contributed by atoms with E-state index in [4.69, 9.17) is 11.6 Å². The highest BCUT2D eigenvalue weighted by atomic mass is 35.5. The predicted molar refractivity (Wildman–Crippen MR) is 59.7 cm³/mol. The van der Waals surface area contributed by atoms with Gasteiger partial charge in [0.2, 0.25) is 0 Å². The summed E-state index contributed by atoms with van der Waals surface area (Å²) in [6, 6.07) is 5.08. The van der Waals surface area contributed by atoms with Gasteiger partial charge in [-0.3, -0.25) is 0 Å². The number of alkyl halides is 4. The molecule has 0 aliphatic heterocycles. The lowest BCUT2D eigenvalue weighted by Crippen LogP contribution is -2.05. The van der Waals surface area contributed by atoms with Gasteiger partial charge in [0.15, 0.2) is 0 Å². The van der Waals surface area contributed by atoms with Gasteiger partial charge in [0, 0.05) is 11.8 Å². The van der Waals surface area contributed by atoms with Gasteiger partial charge >= 0.3 is 6.18 Å². The van der Waals surface area contributed by atoms with Crippen LogP contribution >= 0.6 is 11.6 Å². The minimum Gasteiger partial charge on any atom is -0.166 e. The second-order valence-electron chi connectivity index (χ2n) is 3.63. The second-order valence-corrected chi connectivity index (χ2v) is 3.90. The third-order valence-corrected chi connectivity index (χ3v) is 2.87. The van der Waals surface area contributed by atoms with E-state index in [-0.39, 0.29) is 5.92 Å². The largest absolute Gasteiger partial charge is 0.416 e. The fraction of sp³-hybridized carbons (Fsp3) is 0.333. The van der Waals surface area contributed by atoms with Crippen LogP contribution in [0, 0.1) is 0 Å². The second kappa shape index (κ2) is 4.91. The molecule has 0 saturated heterocycles. The van der Waals surface area contributed by atoms with Gasteiger partial charge in [-0.1, -0.05) is 31.2 Å². The molecule has 1 unspecified atom stereocenters. The number of hydrogen-bond acceptors (Lipinski definition) is 0. The van der Waals surface area contributed by atoms with E-state index in [1.54, 1.807) is 0 Å². The van der Waals surface area contributed by atoms with Crippen LogP contribution in [0.1, 0.15) is 24.0 Å². The molecule has 1 atom stereocenters. The average Bonchev–Trinajstić information content (AvgIpc) is 2.26. The maximum absolute atomic E-state index is 12.3. The van der Waals surface area contributed by atoms with Crippen LogP contribution in [0.5, 0.6) is 0 Å². The third-order valence-electron chi connectivity index (χ3n) is 2.52. The van der Waals surface area contributed by atoms with Gasteiger partial charge in [0.05, 0.1) is 5.56 Å². The third kappa shape index (κ3) is 3.01. The molecule has 0 aliphatic carbocycles. The highest BCUT2D eigenvalue weighted by Gasteiger charge is 2.30. The first-order chi connectivity index (χ1) is 7.36. The molecule has 0 nitrogen and oxygen atoms in total.